The minimum Gasteiger partial charge on any atom is -0.508 e. The molecule has 1 atom stereocenters. The fraction of sp³-hybridized carbons (Fsp3) is 0.500. The molecule has 21 heavy (non-hydrogen) atoms. The topological polar surface area (TPSA) is 107 Å². The highest BCUT2D eigenvalue weighted by Crippen LogP contribution is 2.24. The van der Waals surface area contributed by atoms with Gasteiger partial charge in [-0.1, -0.05) is 17.2 Å². The largest absolute Gasteiger partial charge is 0.508 e. The minimum atomic E-state index is -1.01. The zero-order chi connectivity index (χ0) is 15.7. The number of hydrogen-bond acceptors (Lipinski definition) is 5. The molecule has 0 heterocycles. The van der Waals surface area contributed by atoms with Gasteiger partial charge in [0.25, 0.3) is 0 Å². The molecule has 0 saturated heterocycles. The van der Waals surface area contributed by atoms with Gasteiger partial charge in [0.1, 0.15) is 11.3 Å². The molecule has 1 aromatic rings. The van der Waals surface area contributed by atoms with E-state index in [1.807, 2.05) is 0 Å². The second kappa shape index (κ2) is 8.14. The first-order valence-electron chi connectivity index (χ1n) is 6.77. The number of phenolic OH excluding ortho intramolecular Hbond substituents is 1. The summed E-state index contributed by atoms with van der Waals surface area (Å²) in [6.07, 6.45) is 0.608. The number of esters is 1. The third-order valence-corrected chi connectivity index (χ3v) is 3.11. The molecule has 0 aromatic heterocycles. The SMILES string of the molecule is CCOC(=O)C(C)(NCCCN=[N+]=[N-])c1ccc(O)cc1. The summed E-state index contributed by atoms with van der Waals surface area (Å²) >= 11 is 0. The second-order valence-corrected chi connectivity index (χ2v) is 4.63. The highest BCUT2D eigenvalue weighted by Gasteiger charge is 2.36. The number of azide groups is 1. The van der Waals surface area contributed by atoms with Crippen molar-refractivity contribution in [2.75, 3.05) is 19.7 Å². The number of carbonyl (C=O) groups excluding carboxylic acids is 1. The number of hydrogen-bond donors (Lipinski definition) is 2. The van der Waals surface area contributed by atoms with E-state index in [0.717, 1.165) is 0 Å². The molecule has 0 aliphatic carbocycles. The van der Waals surface area contributed by atoms with Crippen LogP contribution in [0, 0.1) is 0 Å². The first-order chi connectivity index (χ1) is 10.0. The molecular weight excluding hydrogens is 272 g/mol. The van der Waals surface area contributed by atoms with E-state index < -0.39 is 5.54 Å². The van der Waals surface area contributed by atoms with Crippen LogP contribution in [0.3, 0.4) is 0 Å². The average Bonchev–Trinajstić information content (AvgIpc) is 2.47. The van der Waals surface area contributed by atoms with Gasteiger partial charge in [-0.2, -0.15) is 0 Å². The summed E-state index contributed by atoms with van der Waals surface area (Å²) < 4.78 is 5.12. The van der Waals surface area contributed by atoms with Crippen molar-refractivity contribution in [3.63, 3.8) is 0 Å². The Morgan fingerprint density at radius 3 is 2.71 bits per heavy atom. The van der Waals surface area contributed by atoms with E-state index in [4.69, 9.17) is 10.3 Å². The molecule has 1 unspecified atom stereocenters. The predicted octanol–water partition coefficient (Wildman–Crippen LogP) is 2.46. The van der Waals surface area contributed by atoms with Crippen molar-refractivity contribution < 1.29 is 14.6 Å². The number of nitrogens with one attached hydrogen (secondary N) is 1. The predicted molar refractivity (Wildman–Crippen MR) is 78.7 cm³/mol. The highest BCUT2D eigenvalue weighted by molar-refractivity contribution is 5.82. The van der Waals surface area contributed by atoms with Crippen molar-refractivity contribution >= 4 is 5.97 Å². The zero-order valence-corrected chi connectivity index (χ0v) is 12.2. The lowest BCUT2D eigenvalue weighted by Gasteiger charge is -2.29. The van der Waals surface area contributed by atoms with E-state index in [1.165, 1.54) is 12.1 Å². The average molecular weight is 292 g/mol. The number of ether oxygens (including phenoxy) is 1. The maximum atomic E-state index is 12.2. The third-order valence-electron chi connectivity index (χ3n) is 3.11. The molecule has 0 amide bonds. The van der Waals surface area contributed by atoms with Crippen LogP contribution in [0.5, 0.6) is 5.75 Å². The number of nitrogens with zero attached hydrogens (tertiary/aromatic N) is 3. The first-order valence-corrected chi connectivity index (χ1v) is 6.77. The molecule has 0 radical (unpaired) electrons. The quantitative estimate of drug-likeness (QED) is 0.252. The summed E-state index contributed by atoms with van der Waals surface area (Å²) in [5.74, 6) is -0.257. The van der Waals surface area contributed by atoms with Crippen LogP contribution >= 0.6 is 0 Å². The van der Waals surface area contributed by atoms with Crippen LogP contribution in [0.2, 0.25) is 0 Å². The summed E-state index contributed by atoms with van der Waals surface area (Å²) in [7, 11) is 0. The van der Waals surface area contributed by atoms with Crippen LogP contribution in [0.25, 0.3) is 10.4 Å². The van der Waals surface area contributed by atoms with E-state index in [-0.39, 0.29) is 18.3 Å². The number of benzene rings is 1. The monoisotopic (exact) mass is 292 g/mol. The van der Waals surface area contributed by atoms with Crippen LogP contribution < -0.4 is 5.32 Å². The first kappa shape index (κ1) is 16.8. The van der Waals surface area contributed by atoms with Crippen molar-refractivity contribution in [1.82, 2.24) is 5.32 Å². The van der Waals surface area contributed by atoms with Crippen LogP contribution in [-0.2, 0) is 15.1 Å². The Balaban J connectivity index is 2.86. The van der Waals surface area contributed by atoms with Gasteiger partial charge in [0, 0.05) is 11.5 Å². The van der Waals surface area contributed by atoms with Crippen molar-refractivity contribution in [1.29, 1.82) is 0 Å². The Kier molecular flexibility index (Phi) is 6.52. The fourth-order valence-electron chi connectivity index (χ4n) is 1.90. The van der Waals surface area contributed by atoms with Crippen LogP contribution in [0.1, 0.15) is 25.8 Å². The lowest BCUT2D eigenvalue weighted by atomic mass is 9.91. The standard InChI is InChI=1S/C14H20N4O3/c1-3-21-13(20)14(2,16-9-4-10-17-18-15)11-5-7-12(19)8-6-11/h5-8,16,19H,3-4,9-10H2,1-2H3. The van der Waals surface area contributed by atoms with Gasteiger partial charge in [0.2, 0.25) is 0 Å². The van der Waals surface area contributed by atoms with Gasteiger partial charge in [0.15, 0.2) is 0 Å². The number of rotatable bonds is 8. The van der Waals surface area contributed by atoms with E-state index in [0.29, 0.717) is 25.1 Å². The van der Waals surface area contributed by atoms with Gasteiger partial charge in [-0.3, -0.25) is 5.32 Å². The molecule has 0 fully saturated rings. The number of aromatic hydroxyl groups is 1. The third kappa shape index (κ3) is 4.66. The molecule has 0 aliphatic rings. The normalized spacial score (nSPS) is 13.0. The molecular formula is C14H20N4O3. The van der Waals surface area contributed by atoms with E-state index in [1.54, 1.807) is 26.0 Å². The molecule has 7 heteroatoms. The maximum Gasteiger partial charge on any atom is 0.330 e. The molecule has 0 aliphatic heterocycles. The number of carbonyl (C=O) groups is 1. The van der Waals surface area contributed by atoms with Crippen molar-refractivity contribution in [3.8, 4) is 5.75 Å². The molecule has 1 rings (SSSR count). The molecule has 0 bridgehead atoms. The van der Waals surface area contributed by atoms with Gasteiger partial charge in [0.05, 0.1) is 6.61 Å². The molecule has 0 saturated carbocycles. The van der Waals surface area contributed by atoms with Crippen LogP contribution in [0.4, 0.5) is 0 Å². The van der Waals surface area contributed by atoms with Crippen molar-refractivity contribution in [3.05, 3.63) is 40.3 Å². The lowest BCUT2D eigenvalue weighted by molar-refractivity contribution is -0.151. The number of phenols is 1. The Labute approximate surface area is 123 Å². The molecule has 7 nitrogen and oxygen atoms in total. The van der Waals surface area contributed by atoms with Gasteiger partial charge < -0.3 is 9.84 Å². The van der Waals surface area contributed by atoms with Crippen LogP contribution in [0.15, 0.2) is 29.4 Å². The van der Waals surface area contributed by atoms with Gasteiger partial charge in [-0.05, 0) is 50.0 Å². The fourth-order valence-corrected chi connectivity index (χ4v) is 1.90. The van der Waals surface area contributed by atoms with Gasteiger partial charge >= 0.3 is 5.97 Å². The Morgan fingerprint density at radius 2 is 2.14 bits per heavy atom. The van der Waals surface area contributed by atoms with E-state index in [2.05, 4.69) is 15.3 Å². The Morgan fingerprint density at radius 1 is 1.48 bits per heavy atom. The van der Waals surface area contributed by atoms with E-state index >= 15 is 0 Å². The Bertz CT molecular complexity index is 511. The van der Waals surface area contributed by atoms with Crippen LogP contribution in [-0.4, -0.2) is 30.8 Å². The second-order valence-electron chi connectivity index (χ2n) is 4.63. The summed E-state index contributed by atoms with van der Waals surface area (Å²) in [6, 6.07) is 6.39. The summed E-state index contributed by atoms with van der Waals surface area (Å²) in [4.78, 5) is 14.9. The summed E-state index contributed by atoms with van der Waals surface area (Å²) in [6.45, 7) is 4.61. The summed E-state index contributed by atoms with van der Waals surface area (Å²) in [5.41, 5.74) is 7.91. The lowest BCUT2D eigenvalue weighted by Crippen LogP contribution is -2.48. The molecule has 114 valence electrons. The van der Waals surface area contributed by atoms with Crippen molar-refractivity contribution in [2.24, 2.45) is 5.11 Å². The zero-order valence-electron chi connectivity index (χ0n) is 12.2. The van der Waals surface area contributed by atoms with Crippen molar-refractivity contribution in [2.45, 2.75) is 25.8 Å². The molecule has 1 aromatic carbocycles. The van der Waals surface area contributed by atoms with Gasteiger partial charge in [-0.15, -0.1) is 0 Å². The highest BCUT2D eigenvalue weighted by atomic mass is 16.5. The maximum absolute atomic E-state index is 12.2. The van der Waals surface area contributed by atoms with E-state index in [9.17, 15) is 9.90 Å². The minimum absolute atomic E-state index is 0.133. The Hall–Kier alpha value is -2.24. The smallest absolute Gasteiger partial charge is 0.330 e. The van der Waals surface area contributed by atoms with Gasteiger partial charge in [-0.25, -0.2) is 4.79 Å². The summed E-state index contributed by atoms with van der Waals surface area (Å²) in [5, 5.41) is 15.9. The molecule has 0 spiro atoms. The molecule has 2 N–H and O–H groups in total.